The van der Waals surface area contributed by atoms with Crippen molar-refractivity contribution in [3.8, 4) is 0 Å². The van der Waals surface area contributed by atoms with Crippen LogP contribution in [0.1, 0.15) is 6.92 Å². The molecule has 10 heavy (non-hydrogen) atoms. The Morgan fingerprint density at radius 1 is 1.70 bits per heavy atom. The Morgan fingerprint density at radius 3 is 2.60 bits per heavy atom. The molecule has 2 unspecified atom stereocenters. The molecule has 0 rings (SSSR count). The lowest BCUT2D eigenvalue weighted by atomic mass is 9.94. The molecule has 60 valence electrons. The summed E-state index contributed by atoms with van der Waals surface area (Å²) < 4.78 is 0. The number of nitrogens with two attached hydrogens (primary N) is 1. The van der Waals surface area contributed by atoms with E-state index < -0.39 is 0 Å². The Labute approximate surface area is 63.5 Å². The first-order valence-electron chi connectivity index (χ1n) is 3.73. The number of rotatable bonds is 5. The van der Waals surface area contributed by atoms with Gasteiger partial charge in [-0.3, -0.25) is 0 Å². The predicted octanol–water partition coefficient (Wildman–Crippen LogP) is 0.603. The Hall–Kier alpha value is -0.340. The molecule has 0 fully saturated rings. The van der Waals surface area contributed by atoms with E-state index in [1.165, 1.54) is 0 Å². The first kappa shape index (κ1) is 9.66. The SMILES string of the molecule is C=CC(CNC)C(C)CN. The van der Waals surface area contributed by atoms with E-state index in [2.05, 4.69) is 18.8 Å². The first-order chi connectivity index (χ1) is 4.76. The highest BCUT2D eigenvalue weighted by Gasteiger charge is 2.09. The van der Waals surface area contributed by atoms with E-state index in [0.29, 0.717) is 11.8 Å². The predicted molar refractivity (Wildman–Crippen MR) is 45.8 cm³/mol. The molecule has 2 heteroatoms. The van der Waals surface area contributed by atoms with E-state index in [9.17, 15) is 0 Å². The normalized spacial score (nSPS) is 16.3. The van der Waals surface area contributed by atoms with Gasteiger partial charge in [-0.05, 0) is 25.4 Å². The van der Waals surface area contributed by atoms with Crippen LogP contribution in [0.15, 0.2) is 12.7 Å². The molecule has 0 saturated carbocycles. The summed E-state index contributed by atoms with van der Waals surface area (Å²) in [7, 11) is 1.94. The molecule has 0 aliphatic rings. The summed E-state index contributed by atoms with van der Waals surface area (Å²) in [4.78, 5) is 0. The van der Waals surface area contributed by atoms with Crippen LogP contribution in [-0.4, -0.2) is 20.1 Å². The van der Waals surface area contributed by atoms with Crippen molar-refractivity contribution in [1.29, 1.82) is 0 Å². The largest absolute Gasteiger partial charge is 0.330 e. The van der Waals surface area contributed by atoms with Crippen molar-refractivity contribution in [1.82, 2.24) is 5.32 Å². The fraction of sp³-hybridized carbons (Fsp3) is 0.750. The molecule has 0 bridgehead atoms. The van der Waals surface area contributed by atoms with Crippen molar-refractivity contribution in [3.05, 3.63) is 12.7 Å². The summed E-state index contributed by atoms with van der Waals surface area (Å²) in [5, 5.41) is 3.11. The van der Waals surface area contributed by atoms with Crippen LogP contribution in [0.4, 0.5) is 0 Å². The van der Waals surface area contributed by atoms with Gasteiger partial charge in [0, 0.05) is 6.54 Å². The van der Waals surface area contributed by atoms with Gasteiger partial charge < -0.3 is 11.1 Å². The van der Waals surface area contributed by atoms with Gasteiger partial charge in [0.05, 0.1) is 0 Å². The van der Waals surface area contributed by atoms with E-state index in [4.69, 9.17) is 5.73 Å². The summed E-state index contributed by atoms with van der Waals surface area (Å²) in [6, 6.07) is 0. The standard InChI is InChI=1S/C8H18N2/c1-4-8(6-10-3)7(2)5-9/h4,7-8,10H,1,5-6,9H2,2-3H3. The van der Waals surface area contributed by atoms with Gasteiger partial charge in [0.1, 0.15) is 0 Å². The number of nitrogens with one attached hydrogen (secondary N) is 1. The van der Waals surface area contributed by atoms with Crippen LogP contribution in [0.5, 0.6) is 0 Å². The van der Waals surface area contributed by atoms with Crippen LogP contribution in [0.3, 0.4) is 0 Å². The highest BCUT2D eigenvalue weighted by Crippen LogP contribution is 2.09. The van der Waals surface area contributed by atoms with Crippen molar-refractivity contribution < 1.29 is 0 Å². The van der Waals surface area contributed by atoms with Crippen molar-refractivity contribution in [3.63, 3.8) is 0 Å². The average molecular weight is 142 g/mol. The molecule has 0 aromatic heterocycles. The van der Waals surface area contributed by atoms with E-state index in [-0.39, 0.29) is 0 Å². The van der Waals surface area contributed by atoms with Gasteiger partial charge in [-0.25, -0.2) is 0 Å². The van der Waals surface area contributed by atoms with Crippen LogP contribution in [0.2, 0.25) is 0 Å². The Balaban J connectivity index is 3.67. The minimum Gasteiger partial charge on any atom is -0.330 e. The van der Waals surface area contributed by atoms with Crippen molar-refractivity contribution in [2.24, 2.45) is 17.6 Å². The summed E-state index contributed by atoms with van der Waals surface area (Å²) in [6.45, 7) is 7.60. The molecule has 0 aromatic carbocycles. The maximum absolute atomic E-state index is 5.50. The lowest BCUT2D eigenvalue weighted by molar-refractivity contribution is 0.424. The summed E-state index contributed by atoms with van der Waals surface area (Å²) in [6.07, 6.45) is 1.97. The smallest absolute Gasteiger partial charge is 0.00141 e. The quantitative estimate of drug-likeness (QED) is 0.552. The average Bonchev–Trinajstić information content (AvgIpc) is 1.99. The molecule has 0 heterocycles. The van der Waals surface area contributed by atoms with E-state index in [0.717, 1.165) is 13.1 Å². The number of hydrogen-bond acceptors (Lipinski definition) is 2. The monoisotopic (exact) mass is 142 g/mol. The molecule has 0 aromatic rings. The zero-order valence-corrected chi connectivity index (χ0v) is 6.93. The third-order valence-corrected chi connectivity index (χ3v) is 1.85. The van der Waals surface area contributed by atoms with Crippen LogP contribution < -0.4 is 11.1 Å². The second-order valence-electron chi connectivity index (χ2n) is 2.67. The van der Waals surface area contributed by atoms with Gasteiger partial charge in [0.25, 0.3) is 0 Å². The van der Waals surface area contributed by atoms with E-state index >= 15 is 0 Å². The van der Waals surface area contributed by atoms with E-state index in [1.54, 1.807) is 0 Å². The molecular formula is C8H18N2. The third kappa shape index (κ3) is 2.99. The summed E-state index contributed by atoms with van der Waals surface area (Å²) in [5.74, 6) is 1.04. The van der Waals surface area contributed by atoms with Gasteiger partial charge in [-0.15, -0.1) is 6.58 Å². The zero-order valence-electron chi connectivity index (χ0n) is 6.93. The van der Waals surface area contributed by atoms with Crippen LogP contribution in [0.25, 0.3) is 0 Å². The summed E-state index contributed by atoms with van der Waals surface area (Å²) in [5.41, 5.74) is 5.50. The van der Waals surface area contributed by atoms with E-state index in [1.807, 2.05) is 13.1 Å². The Bertz CT molecular complexity index is 91.3. The lowest BCUT2D eigenvalue weighted by Crippen LogP contribution is -2.27. The van der Waals surface area contributed by atoms with Crippen LogP contribution in [-0.2, 0) is 0 Å². The van der Waals surface area contributed by atoms with Gasteiger partial charge in [0.2, 0.25) is 0 Å². The molecule has 3 N–H and O–H groups in total. The van der Waals surface area contributed by atoms with Crippen molar-refractivity contribution in [2.75, 3.05) is 20.1 Å². The fourth-order valence-corrected chi connectivity index (χ4v) is 0.927. The topological polar surface area (TPSA) is 38.0 Å². The van der Waals surface area contributed by atoms with Gasteiger partial charge in [0.15, 0.2) is 0 Å². The molecule has 0 aliphatic carbocycles. The van der Waals surface area contributed by atoms with Crippen LogP contribution in [0, 0.1) is 11.8 Å². The number of hydrogen-bond donors (Lipinski definition) is 2. The molecule has 0 aliphatic heterocycles. The molecule has 0 saturated heterocycles. The highest BCUT2D eigenvalue weighted by molar-refractivity contribution is 4.84. The van der Waals surface area contributed by atoms with Gasteiger partial charge in [-0.2, -0.15) is 0 Å². The minimum absolute atomic E-state index is 0.509. The third-order valence-electron chi connectivity index (χ3n) is 1.85. The maximum atomic E-state index is 5.50. The second-order valence-corrected chi connectivity index (χ2v) is 2.67. The van der Waals surface area contributed by atoms with Gasteiger partial charge >= 0.3 is 0 Å². The van der Waals surface area contributed by atoms with Crippen molar-refractivity contribution >= 4 is 0 Å². The molecule has 0 amide bonds. The summed E-state index contributed by atoms with van der Waals surface area (Å²) >= 11 is 0. The maximum Gasteiger partial charge on any atom is 0.00141 e. The van der Waals surface area contributed by atoms with Crippen LogP contribution >= 0.6 is 0 Å². The second kappa shape index (κ2) is 5.45. The molecule has 0 spiro atoms. The van der Waals surface area contributed by atoms with Crippen molar-refractivity contribution in [2.45, 2.75) is 6.92 Å². The lowest BCUT2D eigenvalue weighted by Gasteiger charge is -2.17. The Kier molecular flexibility index (Phi) is 5.26. The highest BCUT2D eigenvalue weighted by atomic mass is 14.8. The van der Waals surface area contributed by atoms with Gasteiger partial charge in [-0.1, -0.05) is 13.0 Å². The first-order valence-corrected chi connectivity index (χ1v) is 3.73. The molecule has 2 nitrogen and oxygen atoms in total. The molecular weight excluding hydrogens is 124 g/mol. The zero-order chi connectivity index (χ0) is 7.98. The fourth-order valence-electron chi connectivity index (χ4n) is 0.927. The Morgan fingerprint density at radius 2 is 2.30 bits per heavy atom. The molecule has 2 atom stereocenters. The minimum atomic E-state index is 0.509. The molecule has 0 radical (unpaired) electrons.